The van der Waals surface area contributed by atoms with Gasteiger partial charge >= 0.3 is 0 Å². The number of amides is 1. The maximum absolute atomic E-state index is 10.9. The van der Waals surface area contributed by atoms with Crippen molar-refractivity contribution in [2.24, 2.45) is 5.10 Å². The number of hydrogen-bond donors (Lipinski definition) is 1. The first-order valence-electron chi connectivity index (χ1n) is 7.07. The van der Waals surface area contributed by atoms with E-state index < -0.39 is 0 Å². The van der Waals surface area contributed by atoms with Crippen LogP contribution in [-0.4, -0.2) is 16.7 Å². The zero-order valence-electron chi connectivity index (χ0n) is 13.5. The fourth-order valence-electron chi connectivity index (χ4n) is 2.58. The second-order valence-electron chi connectivity index (χ2n) is 5.45. The molecule has 0 radical (unpaired) electrons. The monoisotopic (exact) mass is 361 g/mol. The molecule has 0 bridgehead atoms. The number of halogens is 1. The van der Waals surface area contributed by atoms with Crippen molar-refractivity contribution in [2.45, 2.75) is 34.6 Å². The van der Waals surface area contributed by atoms with Crippen LogP contribution in [0.3, 0.4) is 0 Å². The van der Waals surface area contributed by atoms with Crippen molar-refractivity contribution < 1.29 is 4.79 Å². The zero-order valence-corrected chi connectivity index (χ0v) is 15.1. The number of hydrazone groups is 1. The molecule has 0 spiro atoms. The third kappa shape index (κ3) is 3.14. The summed E-state index contributed by atoms with van der Waals surface area (Å²) in [5, 5.41) is 3.98. The summed E-state index contributed by atoms with van der Waals surface area (Å²) < 4.78 is 3.19. The molecule has 2 aromatic rings. The van der Waals surface area contributed by atoms with Gasteiger partial charge in [0.05, 0.1) is 6.21 Å². The molecule has 1 amide bonds. The summed E-state index contributed by atoms with van der Waals surface area (Å²) in [6.45, 7) is 9.75. The predicted molar refractivity (Wildman–Crippen MR) is 93.8 cm³/mol. The Balaban J connectivity index is 2.54. The molecule has 1 N–H and O–H groups in total. The van der Waals surface area contributed by atoms with E-state index in [9.17, 15) is 4.79 Å². The minimum atomic E-state index is -0.185. The number of carbonyl (C=O) groups excluding carboxylic acids is 1. The normalized spacial score (nSPS) is 11.2. The molecule has 0 aliphatic rings. The van der Waals surface area contributed by atoms with Crippen LogP contribution >= 0.6 is 15.9 Å². The van der Waals surface area contributed by atoms with Crippen LogP contribution in [0.5, 0.6) is 0 Å². The topological polar surface area (TPSA) is 46.4 Å². The van der Waals surface area contributed by atoms with Crippen molar-refractivity contribution in [3.63, 3.8) is 0 Å². The lowest BCUT2D eigenvalue weighted by Gasteiger charge is -2.13. The molecule has 0 aliphatic heterocycles. The van der Waals surface area contributed by atoms with Gasteiger partial charge in [-0.05, 0) is 55.3 Å². The first-order valence-corrected chi connectivity index (χ1v) is 7.87. The van der Waals surface area contributed by atoms with Gasteiger partial charge in [0.25, 0.3) is 0 Å². The highest BCUT2D eigenvalue weighted by atomic mass is 79.9. The van der Waals surface area contributed by atoms with E-state index in [1.165, 1.54) is 18.1 Å². The molecular formula is C17H20BrN3O. The van der Waals surface area contributed by atoms with Gasteiger partial charge in [0.1, 0.15) is 0 Å². The highest BCUT2D eigenvalue weighted by Gasteiger charge is 2.16. The van der Waals surface area contributed by atoms with Crippen molar-refractivity contribution in [2.75, 3.05) is 0 Å². The van der Waals surface area contributed by atoms with Crippen LogP contribution in [0.4, 0.5) is 0 Å². The van der Waals surface area contributed by atoms with E-state index in [1.54, 1.807) is 6.21 Å². The van der Waals surface area contributed by atoms with Gasteiger partial charge in [0.2, 0.25) is 5.91 Å². The molecule has 22 heavy (non-hydrogen) atoms. The van der Waals surface area contributed by atoms with E-state index in [0.717, 1.165) is 27.1 Å². The van der Waals surface area contributed by atoms with Crippen molar-refractivity contribution in [1.82, 2.24) is 9.99 Å². The van der Waals surface area contributed by atoms with Gasteiger partial charge in [-0.25, -0.2) is 5.43 Å². The second-order valence-corrected chi connectivity index (χ2v) is 6.24. The van der Waals surface area contributed by atoms with Crippen LogP contribution < -0.4 is 5.43 Å². The molecule has 4 nitrogen and oxygen atoms in total. The minimum Gasteiger partial charge on any atom is -0.316 e. The smallest absolute Gasteiger partial charge is 0.236 e. The summed E-state index contributed by atoms with van der Waals surface area (Å²) in [7, 11) is 0. The van der Waals surface area contributed by atoms with Gasteiger partial charge < -0.3 is 4.57 Å². The van der Waals surface area contributed by atoms with Crippen molar-refractivity contribution >= 4 is 28.1 Å². The van der Waals surface area contributed by atoms with Gasteiger partial charge in [-0.15, -0.1) is 0 Å². The summed E-state index contributed by atoms with van der Waals surface area (Å²) in [5.41, 5.74) is 9.20. The first-order chi connectivity index (χ1) is 10.3. The number of rotatable bonds is 3. The number of aromatic nitrogens is 1. The van der Waals surface area contributed by atoms with Gasteiger partial charge in [-0.2, -0.15) is 5.10 Å². The number of carbonyl (C=O) groups is 1. The Morgan fingerprint density at radius 3 is 2.50 bits per heavy atom. The van der Waals surface area contributed by atoms with Crippen LogP contribution in [0.15, 0.2) is 27.8 Å². The molecule has 5 heteroatoms. The molecular weight excluding hydrogens is 342 g/mol. The summed E-state index contributed by atoms with van der Waals surface area (Å²) in [6, 6.07) is 6.42. The van der Waals surface area contributed by atoms with Crippen LogP contribution in [0.1, 0.15) is 35.0 Å². The molecule has 0 saturated heterocycles. The highest BCUT2D eigenvalue weighted by molar-refractivity contribution is 9.10. The van der Waals surface area contributed by atoms with E-state index >= 15 is 0 Å². The Hall–Kier alpha value is -1.88. The Labute approximate surface area is 139 Å². The quantitative estimate of drug-likeness (QED) is 0.652. The van der Waals surface area contributed by atoms with Crippen LogP contribution in [0, 0.1) is 27.7 Å². The number of aryl methyl sites for hydroxylation is 2. The van der Waals surface area contributed by atoms with Gasteiger partial charge in [0, 0.05) is 34.0 Å². The Bertz CT molecular complexity index is 760. The van der Waals surface area contributed by atoms with Crippen molar-refractivity contribution in [3.05, 3.63) is 50.8 Å². The summed E-state index contributed by atoms with van der Waals surface area (Å²) >= 11 is 3.63. The Kier molecular flexibility index (Phi) is 4.86. The van der Waals surface area contributed by atoms with E-state index in [-0.39, 0.29) is 5.91 Å². The van der Waals surface area contributed by atoms with Crippen LogP contribution in [0.25, 0.3) is 5.69 Å². The fraction of sp³-hybridized carbons (Fsp3) is 0.294. The predicted octanol–water partition coefficient (Wildman–Crippen LogP) is 3.94. The lowest BCUT2D eigenvalue weighted by molar-refractivity contribution is -0.118. The average molecular weight is 362 g/mol. The third-order valence-corrected chi connectivity index (χ3v) is 4.62. The van der Waals surface area contributed by atoms with Gasteiger partial charge in [-0.1, -0.05) is 17.7 Å². The summed E-state index contributed by atoms with van der Waals surface area (Å²) in [6.07, 6.45) is 1.67. The molecule has 0 aliphatic carbocycles. The molecule has 1 aromatic heterocycles. The maximum Gasteiger partial charge on any atom is 0.236 e. The second kappa shape index (κ2) is 6.48. The third-order valence-electron chi connectivity index (χ3n) is 3.62. The van der Waals surface area contributed by atoms with E-state index in [4.69, 9.17) is 0 Å². The Morgan fingerprint density at radius 1 is 1.23 bits per heavy atom. The number of nitrogens with zero attached hydrogens (tertiary/aromatic N) is 2. The summed E-state index contributed by atoms with van der Waals surface area (Å²) in [5.74, 6) is -0.185. The molecule has 1 heterocycles. The number of hydrogen-bond acceptors (Lipinski definition) is 2. The molecule has 2 rings (SSSR count). The Morgan fingerprint density at radius 2 is 1.91 bits per heavy atom. The standard InChI is InChI=1S/C17H20BrN3O/c1-10-6-7-16(11(2)8-10)21-12(3)15(17(18)13(21)4)9-19-20-14(5)22/h6-9H,1-5H3,(H,20,22)/b19-9-. The molecule has 0 unspecified atom stereocenters. The van der Waals surface area contributed by atoms with Gasteiger partial charge in [-0.3, -0.25) is 4.79 Å². The van der Waals surface area contributed by atoms with E-state index in [2.05, 4.69) is 70.0 Å². The zero-order chi connectivity index (χ0) is 16.4. The molecule has 116 valence electrons. The lowest BCUT2D eigenvalue weighted by atomic mass is 10.1. The van der Waals surface area contributed by atoms with Crippen LogP contribution in [-0.2, 0) is 4.79 Å². The van der Waals surface area contributed by atoms with Crippen molar-refractivity contribution in [3.8, 4) is 5.69 Å². The first kappa shape index (κ1) is 16.5. The fourth-order valence-corrected chi connectivity index (χ4v) is 3.15. The molecule has 0 saturated carbocycles. The van der Waals surface area contributed by atoms with E-state index in [0.29, 0.717) is 0 Å². The SMILES string of the molecule is CC(=O)N/N=C\c1c(Br)c(C)n(-c2ccc(C)cc2C)c1C. The molecule has 0 fully saturated rings. The molecule has 0 atom stereocenters. The van der Waals surface area contributed by atoms with E-state index in [1.807, 2.05) is 6.92 Å². The highest BCUT2D eigenvalue weighted by Crippen LogP contribution is 2.30. The van der Waals surface area contributed by atoms with Crippen LogP contribution in [0.2, 0.25) is 0 Å². The average Bonchev–Trinajstić information content (AvgIpc) is 2.63. The lowest BCUT2D eigenvalue weighted by Crippen LogP contribution is -2.12. The minimum absolute atomic E-state index is 0.185. The molecule has 1 aromatic carbocycles. The number of nitrogens with one attached hydrogen (secondary N) is 1. The van der Waals surface area contributed by atoms with Crippen molar-refractivity contribution in [1.29, 1.82) is 0 Å². The number of benzene rings is 1. The van der Waals surface area contributed by atoms with Gasteiger partial charge in [0.15, 0.2) is 0 Å². The maximum atomic E-state index is 10.9. The largest absolute Gasteiger partial charge is 0.316 e. The summed E-state index contributed by atoms with van der Waals surface area (Å²) in [4.78, 5) is 10.9.